The van der Waals surface area contributed by atoms with Gasteiger partial charge in [-0.05, 0) is 25.7 Å². The fourth-order valence-electron chi connectivity index (χ4n) is 3.31. The maximum absolute atomic E-state index is 11.9. The van der Waals surface area contributed by atoms with Gasteiger partial charge >= 0.3 is 5.97 Å². The van der Waals surface area contributed by atoms with E-state index < -0.39 is 5.97 Å². The van der Waals surface area contributed by atoms with Gasteiger partial charge in [0.2, 0.25) is 0 Å². The number of hydroxylamine groups is 2. The first-order valence-electron chi connectivity index (χ1n) is 7.82. The molecule has 0 radical (unpaired) electrons. The van der Waals surface area contributed by atoms with Gasteiger partial charge in [-0.3, -0.25) is 0 Å². The number of carbonyl (C=O) groups is 1. The van der Waals surface area contributed by atoms with Crippen LogP contribution in [-0.2, 0) is 9.63 Å². The lowest BCUT2D eigenvalue weighted by Gasteiger charge is -2.39. The molecule has 0 atom stereocenters. The molecule has 2 aliphatic rings. The van der Waals surface area contributed by atoms with Crippen molar-refractivity contribution in [2.45, 2.75) is 76.3 Å². The Morgan fingerprint density at radius 1 is 1.00 bits per heavy atom. The predicted molar refractivity (Wildman–Crippen MR) is 76.4 cm³/mol. The van der Waals surface area contributed by atoms with E-state index in [4.69, 9.17) is 10.1 Å². The van der Waals surface area contributed by atoms with Crippen molar-refractivity contribution in [1.29, 1.82) is 5.26 Å². The highest BCUT2D eigenvalue weighted by atomic mass is 16.7. The summed E-state index contributed by atoms with van der Waals surface area (Å²) in [5, 5.41) is 10.7. The van der Waals surface area contributed by atoms with E-state index in [-0.39, 0.29) is 5.57 Å². The molecule has 0 heterocycles. The van der Waals surface area contributed by atoms with Crippen molar-refractivity contribution in [3.8, 4) is 6.07 Å². The van der Waals surface area contributed by atoms with Crippen LogP contribution in [0.25, 0.3) is 0 Å². The maximum atomic E-state index is 11.9. The number of hydrogen-bond acceptors (Lipinski definition) is 4. The maximum Gasteiger partial charge on any atom is 0.367 e. The van der Waals surface area contributed by atoms with Crippen molar-refractivity contribution in [3.05, 3.63) is 12.2 Å². The molecule has 2 rings (SSSR count). The van der Waals surface area contributed by atoms with Gasteiger partial charge in [0, 0.05) is 12.1 Å². The molecule has 0 aromatic rings. The third-order valence-electron chi connectivity index (χ3n) is 4.44. The van der Waals surface area contributed by atoms with E-state index >= 15 is 0 Å². The summed E-state index contributed by atoms with van der Waals surface area (Å²) in [6, 6.07) is 2.42. The first-order chi connectivity index (χ1) is 9.72. The van der Waals surface area contributed by atoms with Crippen LogP contribution < -0.4 is 0 Å². The molecule has 4 nitrogen and oxygen atoms in total. The van der Waals surface area contributed by atoms with E-state index in [1.54, 1.807) is 6.07 Å². The van der Waals surface area contributed by atoms with E-state index in [0.29, 0.717) is 12.1 Å². The van der Waals surface area contributed by atoms with E-state index in [2.05, 4.69) is 6.58 Å². The van der Waals surface area contributed by atoms with Crippen LogP contribution in [0.5, 0.6) is 0 Å². The average Bonchev–Trinajstić information content (AvgIpc) is 2.53. The van der Waals surface area contributed by atoms with Gasteiger partial charge in [-0.15, -0.1) is 5.06 Å². The number of hydrogen-bond donors (Lipinski definition) is 0. The number of nitriles is 1. The molecule has 20 heavy (non-hydrogen) atoms. The Morgan fingerprint density at radius 2 is 1.45 bits per heavy atom. The summed E-state index contributed by atoms with van der Waals surface area (Å²) in [5.74, 6) is -0.580. The molecule has 0 aliphatic heterocycles. The second-order valence-electron chi connectivity index (χ2n) is 5.91. The van der Waals surface area contributed by atoms with Crippen molar-refractivity contribution >= 4 is 5.97 Å². The van der Waals surface area contributed by atoms with Gasteiger partial charge in [-0.25, -0.2) is 4.79 Å². The zero-order valence-corrected chi connectivity index (χ0v) is 12.1. The van der Waals surface area contributed by atoms with E-state index in [1.165, 1.54) is 38.5 Å². The molecule has 2 aliphatic carbocycles. The van der Waals surface area contributed by atoms with Crippen molar-refractivity contribution in [2.24, 2.45) is 0 Å². The van der Waals surface area contributed by atoms with Crippen LogP contribution in [0, 0.1) is 11.3 Å². The predicted octanol–water partition coefficient (Wildman–Crippen LogP) is 3.49. The molecule has 0 spiro atoms. The Kier molecular flexibility index (Phi) is 5.60. The highest BCUT2D eigenvalue weighted by Gasteiger charge is 2.32. The van der Waals surface area contributed by atoms with E-state index in [9.17, 15) is 4.79 Å². The first-order valence-corrected chi connectivity index (χ1v) is 7.82. The van der Waals surface area contributed by atoms with Crippen molar-refractivity contribution in [3.63, 3.8) is 0 Å². The first kappa shape index (κ1) is 15.1. The van der Waals surface area contributed by atoms with E-state index in [1.807, 2.05) is 5.06 Å². The minimum Gasteiger partial charge on any atom is -0.363 e. The Balaban J connectivity index is 2.04. The fraction of sp³-hybridized carbons (Fsp3) is 0.750. The molecule has 0 bridgehead atoms. The summed E-state index contributed by atoms with van der Waals surface area (Å²) in [7, 11) is 0. The molecule has 0 amide bonds. The summed E-state index contributed by atoms with van der Waals surface area (Å²) >= 11 is 0. The molecule has 0 aromatic carbocycles. The van der Waals surface area contributed by atoms with Gasteiger partial charge in [0.15, 0.2) is 0 Å². The highest BCUT2D eigenvalue weighted by Crippen LogP contribution is 2.30. The van der Waals surface area contributed by atoms with Gasteiger partial charge in [0.1, 0.15) is 11.6 Å². The smallest absolute Gasteiger partial charge is 0.363 e. The van der Waals surface area contributed by atoms with E-state index in [0.717, 1.165) is 25.7 Å². The van der Waals surface area contributed by atoms with Crippen molar-refractivity contribution in [1.82, 2.24) is 5.06 Å². The molecule has 4 heteroatoms. The van der Waals surface area contributed by atoms with Crippen LogP contribution in [0.3, 0.4) is 0 Å². The normalized spacial score (nSPS) is 21.4. The quantitative estimate of drug-likeness (QED) is 0.448. The topological polar surface area (TPSA) is 53.3 Å². The van der Waals surface area contributed by atoms with Crippen LogP contribution in [0.1, 0.15) is 64.2 Å². The summed E-state index contributed by atoms with van der Waals surface area (Å²) in [4.78, 5) is 17.4. The molecule has 0 aromatic heterocycles. The molecule has 0 saturated heterocycles. The lowest BCUT2D eigenvalue weighted by Crippen LogP contribution is -2.46. The zero-order valence-electron chi connectivity index (χ0n) is 12.1. The van der Waals surface area contributed by atoms with Gasteiger partial charge in [-0.2, -0.15) is 5.26 Å². The zero-order chi connectivity index (χ0) is 14.4. The standard InChI is InChI=1S/C16H24N2O2/c1-13(12-17)16(19)20-18(14-8-4-2-5-9-14)15-10-6-3-7-11-15/h14-15H,1-11H2. The fourth-order valence-corrected chi connectivity index (χ4v) is 3.31. The Hall–Kier alpha value is -1.34. The lowest BCUT2D eigenvalue weighted by atomic mass is 9.90. The van der Waals surface area contributed by atoms with Crippen LogP contribution >= 0.6 is 0 Å². The van der Waals surface area contributed by atoms with Gasteiger partial charge in [-0.1, -0.05) is 45.1 Å². The lowest BCUT2D eigenvalue weighted by molar-refractivity contribution is -0.218. The molecular formula is C16H24N2O2. The minimum absolute atomic E-state index is 0.110. The minimum atomic E-state index is -0.580. The molecule has 2 saturated carbocycles. The molecular weight excluding hydrogens is 252 g/mol. The van der Waals surface area contributed by atoms with Crippen LogP contribution in [-0.4, -0.2) is 23.1 Å². The second-order valence-corrected chi connectivity index (χ2v) is 5.91. The highest BCUT2D eigenvalue weighted by molar-refractivity contribution is 5.91. The summed E-state index contributed by atoms with van der Waals surface area (Å²) in [6.45, 7) is 3.45. The third kappa shape index (κ3) is 3.83. The monoisotopic (exact) mass is 276 g/mol. The van der Waals surface area contributed by atoms with Crippen LogP contribution in [0.15, 0.2) is 12.2 Å². The van der Waals surface area contributed by atoms with Gasteiger partial charge < -0.3 is 4.84 Å². The molecule has 110 valence electrons. The van der Waals surface area contributed by atoms with Crippen LogP contribution in [0.4, 0.5) is 0 Å². The van der Waals surface area contributed by atoms with Crippen LogP contribution in [0.2, 0.25) is 0 Å². The Labute approximate surface area is 121 Å². The molecule has 0 unspecified atom stereocenters. The average molecular weight is 276 g/mol. The number of nitrogens with zero attached hydrogens (tertiary/aromatic N) is 2. The second kappa shape index (κ2) is 7.44. The molecule has 2 fully saturated rings. The van der Waals surface area contributed by atoms with Gasteiger partial charge in [0.25, 0.3) is 0 Å². The number of rotatable bonds is 4. The van der Waals surface area contributed by atoms with Gasteiger partial charge in [0.05, 0.1) is 0 Å². The van der Waals surface area contributed by atoms with Crippen molar-refractivity contribution < 1.29 is 9.63 Å². The summed E-state index contributed by atoms with van der Waals surface area (Å²) in [5.41, 5.74) is -0.110. The SMILES string of the molecule is C=C(C#N)C(=O)ON(C1CCCCC1)C1CCCCC1. The molecule has 0 N–H and O–H groups in total. The Morgan fingerprint density at radius 3 is 1.85 bits per heavy atom. The third-order valence-corrected chi connectivity index (χ3v) is 4.44. The number of carbonyl (C=O) groups excluding carboxylic acids is 1. The largest absolute Gasteiger partial charge is 0.367 e. The summed E-state index contributed by atoms with van der Waals surface area (Å²) in [6.07, 6.45) is 11.7. The Bertz CT molecular complexity index is 370. The van der Waals surface area contributed by atoms with Crippen molar-refractivity contribution in [2.75, 3.05) is 0 Å². The summed E-state index contributed by atoms with van der Waals surface area (Å²) < 4.78 is 0.